The van der Waals surface area contributed by atoms with Crippen LogP contribution in [0.15, 0.2) is 0 Å². The Morgan fingerprint density at radius 3 is 2.24 bits per heavy atom. The van der Waals surface area contributed by atoms with Gasteiger partial charge in [-0.3, -0.25) is 4.90 Å². The number of piperidine rings is 1. The molecule has 0 amide bonds. The number of hydrogen-bond donors (Lipinski definition) is 1. The highest BCUT2D eigenvalue weighted by molar-refractivity contribution is 4.97. The predicted octanol–water partition coefficient (Wildman–Crippen LogP) is 1.29. The summed E-state index contributed by atoms with van der Waals surface area (Å²) in [4.78, 5) is 5.21. The SMILES string of the molecule is CC1CC(N(C)C2CC3CCC(C2)N3)CN1C. The molecule has 3 heterocycles. The summed E-state index contributed by atoms with van der Waals surface area (Å²) in [7, 11) is 4.64. The summed E-state index contributed by atoms with van der Waals surface area (Å²) in [6.45, 7) is 3.62. The van der Waals surface area contributed by atoms with Crippen molar-refractivity contribution < 1.29 is 0 Å². The maximum atomic E-state index is 3.75. The molecule has 3 saturated heterocycles. The molecule has 3 aliphatic heterocycles. The third-order valence-electron chi connectivity index (χ3n) is 5.46. The van der Waals surface area contributed by atoms with Crippen molar-refractivity contribution >= 4 is 0 Å². The Hall–Kier alpha value is -0.120. The molecule has 1 N–H and O–H groups in total. The van der Waals surface area contributed by atoms with Gasteiger partial charge in [0.25, 0.3) is 0 Å². The fraction of sp³-hybridized carbons (Fsp3) is 1.00. The van der Waals surface area contributed by atoms with E-state index >= 15 is 0 Å². The van der Waals surface area contributed by atoms with Gasteiger partial charge < -0.3 is 10.2 Å². The molecular weight excluding hydrogens is 210 g/mol. The second-order valence-corrected chi connectivity index (χ2v) is 6.61. The first-order valence-corrected chi connectivity index (χ1v) is 7.31. The van der Waals surface area contributed by atoms with Crippen molar-refractivity contribution in [2.45, 2.75) is 69.2 Å². The summed E-state index contributed by atoms with van der Waals surface area (Å²) in [6.07, 6.45) is 6.93. The minimum absolute atomic E-state index is 0.765. The Kier molecular flexibility index (Phi) is 3.18. The summed E-state index contributed by atoms with van der Waals surface area (Å²) >= 11 is 0. The third kappa shape index (κ3) is 2.25. The molecule has 4 atom stereocenters. The van der Waals surface area contributed by atoms with E-state index in [0.29, 0.717) is 0 Å². The van der Waals surface area contributed by atoms with Crippen LogP contribution < -0.4 is 5.32 Å². The van der Waals surface area contributed by atoms with Gasteiger partial charge in [0.1, 0.15) is 0 Å². The Morgan fingerprint density at radius 2 is 1.71 bits per heavy atom. The normalized spacial score (nSPS) is 46.9. The van der Waals surface area contributed by atoms with Crippen LogP contribution in [0.1, 0.15) is 39.0 Å². The Bertz CT molecular complexity index is 259. The smallest absolute Gasteiger partial charge is 0.0237 e. The van der Waals surface area contributed by atoms with Gasteiger partial charge in [-0.05, 0) is 53.1 Å². The topological polar surface area (TPSA) is 18.5 Å². The van der Waals surface area contributed by atoms with Crippen LogP contribution >= 0.6 is 0 Å². The number of fused-ring (bicyclic) bond motifs is 2. The molecule has 3 fully saturated rings. The van der Waals surface area contributed by atoms with Crippen molar-refractivity contribution in [1.29, 1.82) is 0 Å². The van der Waals surface area contributed by atoms with E-state index in [1.54, 1.807) is 0 Å². The highest BCUT2D eigenvalue weighted by Gasteiger charge is 2.38. The molecule has 3 aliphatic rings. The molecule has 0 saturated carbocycles. The van der Waals surface area contributed by atoms with E-state index in [2.05, 4.69) is 36.1 Å². The predicted molar refractivity (Wildman–Crippen MR) is 71.2 cm³/mol. The zero-order valence-corrected chi connectivity index (χ0v) is 11.5. The van der Waals surface area contributed by atoms with Crippen LogP contribution in [0.5, 0.6) is 0 Å². The molecule has 3 rings (SSSR count). The molecule has 0 aliphatic carbocycles. The molecule has 0 radical (unpaired) electrons. The molecule has 0 aromatic rings. The van der Waals surface area contributed by atoms with Crippen molar-refractivity contribution in [1.82, 2.24) is 15.1 Å². The van der Waals surface area contributed by atoms with Crippen LogP contribution in [0.2, 0.25) is 0 Å². The number of likely N-dealkylation sites (N-methyl/N-ethyl adjacent to an activating group) is 2. The molecule has 4 unspecified atom stereocenters. The zero-order valence-electron chi connectivity index (χ0n) is 11.5. The first-order chi connectivity index (χ1) is 8.13. The number of rotatable bonds is 2. The summed E-state index contributed by atoms with van der Waals surface area (Å²) < 4.78 is 0. The Balaban J connectivity index is 1.61. The summed E-state index contributed by atoms with van der Waals surface area (Å²) in [5.74, 6) is 0. The van der Waals surface area contributed by atoms with Crippen molar-refractivity contribution in [3.8, 4) is 0 Å². The van der Waals surface area contributed by atoms with Gasteiger partial charge in [-0.15, -0.1) is 0 Å². The largest absolute Gasteiger partial charge is 0.311 e. The number of nitrogens with zero attached hydrogens (tertiary/aromatic N) is 2. The van der Waals surface area contributed by atoms with Gasteiger partial charge in [-0.2, -0.15) is 0 Å². The lowest BCUT2D eigenvalue weighted by Gasteiger charge is -2.38. The molecule has 3 nitrogen and oxygen atoms in total. The van der Waals surface area contributed by atoms with E-state index < -0.39 is 0 Å². The maximum Gasteiger partial charge on any atom is 0.0237 e. The Morgan fingerprint density at radius 1 is 1.06 bits per heavy atom. The third-order valence-corrected chi connectivity index (χ3v) is 5.46. The van der Waals surface area contributed by atoms with Crippen molar-refractivity contribution in [2.24, 2.45) is 0 Å². The standard InChI is InChI=1S/C14H27N3/c1-10-6-14(9-16(10)2)17(3)13-7-11-4-5-12(8-13)15-11/h10-15H,4-9H2,1-3H3. The van der Waals surface area contributed by atoms with Crippen LogP contribution in [0.4, 0.5) is 0 Å². The highest BCUT2D eigenvalue weighted by atomic mass is 15.3. The van der Waals surface area contributed by atoms with E-state index in [1.807, 2.05) is 0 Å². The molecule has 0 spiro atoms. The zero-order chi connectivity index (χ0) is 12.0. The van der Waals surface area contributed by atoms with Crippen LogP contribution in [-0.4, -0.2) is 60.6 Å². The lowest BCUT2D eigenvalue weighted by Crippen LogP contribution is -2.50. The van der Waals surface area contributed by atoms with Gasteiger partial charge in [0.05, 0.1) is 0 Å². The van der Waals surface area contributed by atoms with E-state index in [9.17, 15) is 0 Å². The summed E-state index contributed by atoms with van der Waals surface area (Å²) in [5, 5.41) is 3.75. The van der Waals surface area contributed by atoms with Crippen LogP contribution in [-0.2, 0) is 0 Å². The second-order valence-electron chi connectivity index (χ2n) is 6.61. The van der Waals surface area contributed by atoms with Crippen LogP contribution in [0.25, 0.3) is 0 Å². The van der Waals surface area contributed by atoms with E-state index in [1.165, 1.54) is 38.6 Å². The molecular formula is C14H27N3. The number of nitrogens with one attached hydrogen (secondary N) is 1. The van der Waals surface area contributed by atoms with Crippen molar-refractivity contribution in [3.05, 3.63) is 0 Å². The minimum Gasteiger partial charge on any atom is -0.311 e. The average molecular weight is 237 g/mol. The first-order valence-electron chi connectivity index (χ1n) is 7.31. The molecule has 0 aromatic heterocycles. The second kappa shape index (κ2) is 4.52. The van der Waals surface area contributed by atoms with Gasteiger partial charge in [0.2, 0.25) is 0 Å². The fourth-order valence-corrected chi connectivity index (χ4v) is 4.11. The quantitative estimate of drug-likeness (QED) is 0.781. The van der Waals surface area contributed by atoms with E-state index in [-0.39, 0.29) is 0 Å². The lowest BCUT2D eigenvalue weighted by atomic mass is 9.97. The van der Waals surface area contributed by atoms with Crippen LogP contribution in [0, 0.1) is 0 Å². The monoisotopic (exact) mass is 237 g/mol. The fourth-order valence-electron chi connectivity index (χ4n) is 4.11. The summed E-state index contributed by atoms with van der Waals surface area (Å²) in [5.41, 5.74) is 0. The van der Waals surface area contributed by atoms with Gasteiger partial charge in [0, 0.05) is 36.8 Å². The highest BCUT2D eigenvalue weighted by Crippen LogP contribution is 2.31. The molecule has 98 valence electrons. The minimum atomic E-state index is 0.765. The van der Waals surface area contributed by atoms with E-state index in [0.717, 1.165) is 30.2 Å². The number of likely N-dealkylation sites (tertiary alicyclic amines) is 1. The van der Waals surface area contributed by atoms with Crippen molar-refractivity contribution in [3.63, 3.8) is 0 Å². The Labute approximate surface area is 106 Å². The average Bonchev–Trinajstić information content (AvgIpc) is 2.82. The van der Waals surface area contributed by atoms with Gasteiger partial charge in [-0.1, -0.05) is 0 Å². The van der Waals surface area contributed by atoms with Gasteiger partial charge in [0.15, 0.2) is 0 Å². The molecule has 17 heavy (non-hydrogen) atoms. The molecule has 3 heteroatoms. The van der Waals surface area contributed by atoms with Gasteiger partial charge >= 0.3 is 0 Å². The van der Waals surface area contributed by atoms with E-state index in [4.69, 9.17) is 0 Å². The summed E-state index contributed by atoms with van der Waals surface area (Å²) in [6, 6.07) is 4.02. The maximum absolute atomic E-state index is 3.75. The van der Waals surface area contributed by atoms with Crippen molar-refractivity contribution in [2.75, 3.05) is 20.6 Å². The lowest BCUT2D eigenvalue weighted by molar-refractivity contribution is 0.127. The molecule has 2 bridgehead atoms. The van der Waals surface area contributed by atoms with Gasteiger partial charge in [-0.25, -0.2) is 0 Å². The molecule has 0 aromatic carbocycles. The van der Waals surface area contributed by atoms with Crippen LogP contribution in [0.3, 0.4) is 0 Å². The number of hydrogen-bond acceptors (Lipinski definition) is 3. The first kappa shape index (κ1) is 11.9.